The van der Waals surface area contributed by atoms with Crippen molar-refractivity contribution in [3.05, 3.63) is 126 Å². The van der Waals surface area contributed by atoms with Crippen LogP contribution >= 0.6 is 0 Å². The number of carbonyl (C=O) groups excluding carboxylic acids is 4. The van der Waals surface area contributed by atoms with Crippen molar-refractivity contribution in [3.8, 4) is 33.9 Å². The van der Waals surface area contributed by atoms with Gasteiger partial charge in [0.25, 0.3) is 5.91 Å². The number of nitrogens with one attached hydrogen (secondary N) is 4. The summed E-state index contributed by atoms with van der Waals surface area (Å²) in [6.45, 7) is 1.15. The number of anilines is 1. The van der Waals surface area contributed by atoms with Crippen molar-refractivity contribution in [3.63, 3.8) is 0 Å². The number of ether oxygens (including phenoxy) is 2. The van der Waals surface area contributed by atoms with Crippen molar-refractivity contribution >= 4 is 29.7 Å². The normalized spacial score (nSPS) is 16.6. The van der Waals surface area contributed by atoms with Gasteiger partial charge in [-0.15, -0.1) is 0 Å². The Morgan fingerprint density at radius 2 is 1.28 bits per heavy atom. The average Bonchev–Trinajstić information content (AvgIpc) is 4.14. The molecule has 3 aromatic heterocycles. The number of para-hydroxylation sites is 1. The molecule has 2 saturated heterocycles. The van der Waals surface area contributed by atoms with Crippen LogP contribution in [0.2, 0.25) is 0 Å². The Bertz CT molecular complexity index is 2470. The van der Waals surface area contributed by atoms with Gasteiger partial charge in [-0.2, -0.15) is 0 Å². The lowest BCUT2D eigenvalue weighted by Gasteiger charge is -2.28. The number of H-pyrrole nitrogens is 2. The molecular formula is C44H44N10O6. The first-order valence-corrected chi connectivity index (χ1v) is 19.7. The third-order valence-corrected chi connectivity index (χ3v) is 11.0. The first-order chi connectivity index (χ1) is 29.3. The second-order valence-electron chi connectivity index (χ2n) is 14.6. The van der Waals surface area contributed by atoms with Crippen LogP contribution in [-0.4, -0.2) is 91.0 Å². The van der Waals surface area contributed by atoms with Crippen molar-refractivity contribution in [2.24, 2.45) is 0 Å². The highest BCUT2D eigenvalue weighted by atomic mass is 16.5. The summed E-state index contributed by atoms with van der Waals surface area (Å²) in [6.07, 6.45) is 8.89. The highest BCUT2D eigenvalue weighted by molar-refractivity contribution is 5.89. The Labute approximate surface area is 345 Å². The number of aromatic nitrogens is 6. The molecule has 4 N–H and O–H groups in total. The van der Waals surface area contributed by atoms with Gasteiger partial charge in [-0.25, -0.2) is 19.6 Å². The fourth-order valence-electron chi connectivity index (χ4n) is 7.89. The number of alkyl carbamates (subject to hydrolysis) is 1. The van der Waals surface area contributed by atoms with Gasteiger partial charge in [0.15, 0.2) is 0 Å². The molecule has 0 aliphatic carbocycles. The standard InChI is InChI=1S/C44H44N10O6/c1-59-43(57)51-31-13-7-6-12-30(31)22-38(55)53-20-8-14-36(53)40-47-24-33(49-40)28-18-16-27(17-19-28)32-23-46-34(25-45-32)35-26-48-41(50-35)37-15-9-21-54(37)42(56)39(52-44(58)60-2)29-10-4-3-5-11-29/h3-7,10-13,16-19,23-26,36-37,39H,8-9,14-15,20-22H2,1-2H3,(H,47,49)(H,48,50)(H,51,57)(H,52,58)/t36-,37-,39+/m0/s1. The number of aromatic amines is 2. The summed E-state index contributed by atoms with van der Waals surface area (Å²) in [5.41, 5.74) is 6.52. The first kappa shape index (κ1) is 39.5. The molecule has 60 heavy (non-hydrogen) atoms. The molecule has 3 atom stereocenters. The molecule has 16 heteroatoms. The van der Waals surface area contributed by atoms with E-state index in [1.165, 1.54) is 14.2 Å². The van der Waals surface area contributed by atoms with Crippen LogP contribution in [0.1, 0.15) is 66.6 Å². The third-order valence-electron chi connectivity index (χ3n) is 11.0. The van der Waals surface area contributed by atoms with Crippen molar-refractivity contribution in [1.29, 1.82) is 0 Å². The summed E-state index contributed by atoms with van der Waals surface area (Å²) in [6, 6.07) is 22.8. The number of benzene rings is 3. The van der Waals surface area contributed by atoms with Gasteiger partial charge in [0.05, 0.1) is 74.6 Å². The van der Waals surface area contributed by atoms with Crippen LogP contribution in [-0.2, 0) is 25.5 Å². The predicted octanol–water partition coefficient (Wildman–Crippen LogP) is 6.77. The van der Waals surface area contributed by atoms with Gasteiger partial charge in [-0.1, -0.05) is 72.8 Å². The van der Waals surface area contributed by atoms with Crippen molar-refractivity contribution in [2.75, 3.05) is 32.6 Å². The fourth-order valence-corrected chi connectivity index (χ4v) is 7.89. The molecule has 2 aliphatic rings. The Hall–Kier alpha value is -7.36. The van der Waals surface area contributed by atoms with Gasteiger partial charge >= 0.3 is 12.2 Å². The van der Waals surface area contributed by atoms with E-state index < -0.39 is 18.2 Å². The Balaban J connectivity index is 0.910. The van der Waals surface area contributed by atoms with Gasteiger partial charge in [-0.3, -0.25) is 24.9 Å². The molecule has 306 valence electrons. The van der Waals surface area contributed by atoms with E-state index in [0.717, 1.165) is 41.9 Å². The Morgan fingerprint density at radius 3 is 1.98 bits per heavy atom. The van der Waals surface area contributed by atoms with E-state index in [1.807, 2.05) is 59.5 Å². The van der Waals surface area contributed by atoms with Gasteiger partial charge in [0, 0.05) is 24.3 Å². The zero-order valence-corrected chi connectivity index (χ0v) is 33.1. The fraction of sp³-hybridized carbons (Fsp3) is 0.273. The maximum atomic E-state index is 13.9. The highest BCUT2D eigenvalue weighted by Crippen LogP contribution is 2.35. The van der Waals surface area contributed by atoms with E-state index >= 15 is 0 Å². The molecule has 0 radical (unpaired) electrons. The molecule has 0 bridgehead atoms. The molecule has 0 saturated carbocycles. The van der Waals surface area contributed by atoms with Crippen molar-refractivity contribution in [2.45, 2.75) is 50.2 Å². The first-order valence-electron chi connectivity index (χ1n) is 19.7. The molecule has 0 spiro atoms. The lowest BCUT2D eigenvalue weighted by Crippen LogP contribution is -2.42. The maximum absolute atomic E-state index is 13.9. The molecule has 4 amide bonds. The second kappa shape index (κ2) is 17.6. The second-order valence-corrected chi connectivity index (χ2v) is 14.6. The van der Waals surface area contributed by atoms with E-state index in [9.17, 15) is 19.2 Å². The number of methoxy groups -OCH3 is 2. The summed E-state index contributed by atoms with van der Waals surface area (Å²) in [4.78, 5) is 80.5. The molecule has 0 unspecified atom stereocenters. The van der Waals surface area contributed by atoms with E-state index in [1.54, 1.807) is 54.0 Å². The molecule has 3 aromatic carbocycles. The summed E-state index contributed by atoms with van der Waals surface area (Å²) in [5.74, 6) is 1.07. The molecule has 5 heterocycles. The summed E-state index contributed by atoms with van der Waals surface area (Å²) >= 11 is 0. The maximum Gasteiger partial charge on any atom is 0.411 e. The average molecular weight is 809 g/mol. The quantitative estimate of drug-likeness (QED) is 0.108. The number of likely N-dealkylation sites (tertiary alicyclic amines) is 2. The van der Waals surface area contributed by atoms with Crippen LogP contribution < -0.4 is 10.6 Å². The molecule has 6 aromatic rings. The van der Waals surface area contributed by atoms with Gasteiger partial charge in [-0.05, 0) is 48.4 Å². The van der Waals surface area contributed by atoms with Crippen molar-refractivity contribution < 1.29 is 28.7 Å². The molecule has 2 fully saturated rings. The predicted molar refractivity (Wildman–Crippen MR) is 221 cm³/mol. The van der Waals surface area contributed by atoms with Crippen LogP contribution in [0.3, 0.4) is 0 Å². The van der Waals surface area contributed by atoms with Crippen LogP contribution in [0, 0.1) is 0 Å². The minimum Gasteiger partial charge on any atom is -0.453 e. The number of nitrogens with zero attached hydrogens (tertiary/aromatic N) is 6. The molecule has 2 aliphatic heterocycles. The van der Waals surface area contributed by atoms with E-state index in [2.05, 4.69) is 35.6 Å². The van der Waals surface area contributed by atoms with Crippen LogP contribution in [0.4, 0.5) is 15.3 Å². The van der Waals surface area contributed by atoms with Gasteiger partial charge in [0.1, 0.15) is 23.4 Å². The monoisotopic (exact) mass is 808 g/mol. The van der Waals surface area contributed by atoms with E-state index in [4.69, 9.17) is 14.5 Å². The third kappa shape index (κ3) is 8.43. The van der Waals surface area contributed by atoms with E-state index in [-0.39, 0.29) is 30.3 Å². The number of hydrogen-bond donors (Lipinski definition) is 4. The number of rotatable bonds is 11. The van der Waals surface area contributed by atoms with E-state index in [0.29, 0.717) is 59.2 Å². The summed E-state index contributed by atoms with van der Waals surface area (Å²) in [5, 5.41) is 5.38. The lowest BCUT2D eigenvalue weighted by molar-refractivity contribution is -0.134. The largest absolute Gasteiger partial charge is 0.453 e. The lowest BCUT2D eigenvalue weighted by atomic mass is 10.1. The number of carbonyl (C=O) groups is 4. The van der Waals surface area contributed by atoms with Gasteiger partial charge in [0.2, 0.25) is 5.91 Å². The number of hydrogen-bond acceptors (Lipinski definition) is 10. The zero-order valence-electron chi connectivity index (χ0n) is 33.1. The minimum absolute atomic E-state index is 0.0463. The number of amides is 4. The SMILES string of the molecule is COC(=O)Nc1ccccc1CC(=O)N1CCC[C@H]1c1ncc(-c2ccc(-c3cnc(-c4cnc([C@@H]5CCCN5C(=O)[C@H](NC(=O)OC)c5ccccc5)[nH]4)cn3)cc2)[nH]1. The van der Waals surface area contributed by atoms with Gasteiger partial charge < -0.3 is 34.6 Å². The topological polar surface area (TPSA) is 200 Å². The molecular weight excluding hydrogens is 765 g/mol. The number of imidazole rings is 2. The Morgan fingerprint density at radius 1 is 0.683 bits per heavy atom. The Kier molecular flexibility index (Phi) is 11.6. The van der Waals surface area contributed by atoms with Crippen LogP contribution in [0.5, 0.6) is 0 Å². The summed E-state index contributed by atoms with van der Waals surface area (Å²) < 4.78 is 9.55. The minimum atomic E-state index is -0.904. The zero-order chi connectivity index (χ0) is 41.6. The van der Waals surface area contributed by atoms with Crippen molar-refractivity contribution in [1.82, 2.24) is 45.0 Å². The smallest absolute Gasteiger partial charge is 0.411 e. The van der Waals surface area contributed by atoms with Crippen LogP contribution in [0.25, 0.3) is 33.9 Å². The van der Waals surface area contributed by atoms with Crippen LogP contribution in [0.15, 0.2) is 104 Å². The molecule has 16 nitrogen and oxygen atoms in total. The summed E-state index contributed by atoms with van der Waals surface area (Å²) in [7, 11) is 2.57. The molecule has 8 rings (SSSR count). The highest BCUT2D eigenvalue weighted by Gasteiger charge is 2.37.